The van der Waals surface area contributed by atoms with Gasteiger partial charge in [-0.3, -0.25) is 25.8 Å². The quantitative estimate of drug-likeness (QED) is 0.235. The summed E-state index contributed by atoms with van der Waals surface area (Å²) in [5.74, 6) is -2.80. The van der Waals surface area contributed by atoms with Crippen LogP contribution >= 0.6 is 11.6 Å². The van der Waals surface area contributed by atoms with Gasteiger partial charge in [0.15, 0.2) is 0 Å². The Morgan fingerprint density at radius 1 is 0.971 bits per heavy atom. The van der Waals surface area contributed by atoms with Crippen LogP contribution in [0.2, 0.25) is 5.02 Å². The molecule has 0 bridgehead atoms. The van der Waals surface area contributed by atoms with Crippen LogP contribution < -0.4 is 16.2 Å². The molecular weight excluding hydrogens is 484 g/mol. The van der Waals surface area contributed by atoms with E-state index < -0.39 is 28.5 Å². The van der Waals surface area contributed by atoms with Crippen LogP contribution in [0.4, 0.5) is 23.0 Å². The number of nitrogens with zero attached hydrogens (tertiary/aromatic N) is 3. The number of ether oxygens (including phenoxy) is 2. The molecule has 1 heterocycles. The summed E-state index contributed by atoms with van der Waals surface area (Å²) in [6.07, 6.45) is 1.00. The van der Waals surface area contributed by atoms with E-state index in [0.29, 0.717) is 0 Å². The molecule has 0 radical (unpaired) electrons. The van der Waals surface area contributed by atoms with E-state index in [9.17, 15) is 24.5 Å². The number of benzene rings is 2. The van der Waals surface area contributed by atoms with Crippen LogP contribution in [0, 0.1) is 10.1 Å². The van der Waals surface area contributed by atoms with E-state index in [1.807, 2.05) is 0 Å². The summed E-state index contributed by atoms with van der Waals surface area (Å²) in [6, 6.07) is 10.1. The lowest BCUT2D eigenvalue weighted by atomic mass is 10.1. The van der Waals surface area contributed by atoms with E-state index >= 15 is 0 Å². The first-order valence-electron chi connectivity index (χ1n) is 9.64. The summed E-state index contributed by atoms with van der Waals surface area (Å²) in [4.78, 5) is 55.1. The summed E-state index contributed by atoms with van der Waals surface area (Å²) >= 11 is 5.99. The van der Waals surface area contributed by atoms with Gasteiger partial charge in [-0.15, -0.1) is 0 Å². The number of aromatic nitrogens is 2. The normalized spacial score (nSPS) is 10.1. The predicted octanol–water partition coefficient (Wildman–Crippen LogP) is 3.11. The summed E-state index contributed by atoms with van der Waals surface area (Å²) < 4.78 is 9.36. The fourth-order valence-corrected chi connectivity index (χ4v) is 3.09. The number of carbonyl (C=O) groups excluding carboxylic acids is 3. The maximum Gasteiger partial charge on any atom is 0.355 e. The van der Waals surface area contributed by atoms with Gasteiger partial charge in [0.1, 0.15) is 6.33 Å². The van der Waals surface area contributed by atoms with E-state index in [-0.39, 0.29) is 39.0 Å². The Hall–Kier alpha value is -4.78. The zero-order chi connectivity index (χ0) is 25.5. The van der Waals surface area contributed by atoms with E-state index in [2.05, 4.69) is 35.6 Å². The topological polar surface area (TPSA) is 175 Å². The number of hydrogen-bond donors (Lipinski definition) is 3. The van der Waals surface area contributed by atoms with Gasteiger partial charge in [-0.1, -0.05) is 23.7 Å². The number of amides is 1. The molecule has 0 aliphatic heterocycles. The van der Waals surface area contributed by atoms with Gasteiger partial charge in [0.05, 0.1) is 40.9 Å². The first kappa shape index (κ1) is 24.9. The van der Waals surface area contributed by atoms with Gasteiger partial charge < -0.3 is 14.8 Å². The van der Waals surface area contributed by atoms with Crippen molar-refractivity contribution in [3.05, 3.63) is 80.6 Å². The molecule has 180 valence electrons. The second-order valence-electron chi connectivity index (χ2n) is 6.64. The summed E-state index contributed by atoms with van der Waals surface area (Å²) in [6.45, 7) is 0. The first-order valence-corrected chi connectivity index (χ1v) is 10.0. The second kappa shape index (κ2) is 10.9. The van der Waals surface area contributed by atoms with E-state index in [0.717, 1.165) is 20.5 Å². The number of esters is 2. The van der Waals surface area contributed by atoms with Crippen molar-refractivity contribution in [2.75, 3.05) is 25.0 Å². The summed E-state index contributed by atoms with van der Waals surface area (Å²) in [7, 11) is 2.31. The highest BCUT2D eigenvalue weighted by Gasteiger charge is 2.25. The number of methoxy groups -OCH3 is 2. The molecule has 0 aliphatic rings. The molecule has 35 heavy (non-hydrogen) atoms. The molecule has 13 nitrogen and oxygen atoms in total. The van der Waals surface area contributed by atoms with Gasteiger partial charge in [-0.25, -0.2) is 19.6 Å². The molecule has 2 aromatic carbocycles. The van der Waals surface area contributed by atoms with Crippen molar-refractivity contribution in [3.8, 4) is 0 Å². The van der Waals surface area contributed by atoms with Gasteiger partial charge in [0.25, 0.3) is 5.91 Å². The lowest BCUT2D eigenvalue weighted by molar-refractivity contribution is -0.383. The molecule has 1 aromatic heterocycles. The minimum Gasteiger partial charge on any atom is -0.465 e. The van der Waals surface area contributed by atoms with Crippen LogP contribution in [-0.2, 0) is 9.47 Å². The Kier molecular flexibility index (Phi) is 7.74. The van der Waals surface area contributed by atoms with Gasteiger partial charge in [-0.05, 0) is 30.3 Å². The van der Waals surface area contributed by atoms with Crippen molar-refractivity contribution in [2.45, 2.75) is 0 Å². The van der Waals surface area contributed by atoms with E-state index in [1.54, 1.807) is 12.1 Å². The van der Waals surface area contributed by atoms with Crippen LogP contribution in [0.15, 0.2) is 48.8 Å². The number of halogens is 1. The molecule has 3 N–H and O–H groups in total. The monoisotopic (exact) mass is 500 g/mol. The summed E-state index contributed by atoms with van der Waals surface area (Å²) in [5, 5.41) is 14.7. The number of hydrogen-bond acceptors (Lipinski definition) is 11. The Morgan fingerprint density at radius 2 is 1.57 bits per heavy atom. The zero-order valence-corrected chi connectivity index (χ0v) is 19.0. The zero-order valence-electron chi connectivity index (χ0n) is 18.2. The molecule has 0 unspecified atom stereocenters. The number of carbonyl (C=O) groups is 3. The molecule has 0 saturated heterocycles. The third-order valence-electron chi connectivity index (χ3n) is 4.46. The van der Waals surface area contributed by atoms with Gasteiger partial charge in [-0.2, -0.15) is 0 Å². The second-order valence-corrected chi connectivity index (χ2v) is 7.05. The molecule has 0 fully saturated rings. The van der Waals surface area contributed by atoms with Crippen molar-refractivity contribution >= 4 is 52.5 Å². The third-order valence-corrected chi connectivity index (χ3v) is 4.79. The molecule has 1 amide bonds. The molecule has 3 aromatic rings. The molecule has 0 aliphatic carbocycles. The molecule has 0 spiro atoms. The van der Waals surface area contributed by atoms with Crippen LogP contribution in [0.5, 0.6) is 0 Å². The van der Waals surface area contributed by atoms with E-state index in [4.69, 9.17) is 11.6 Å². The van der Waals surface area contributed by atoms with Crippen LogP contribution in [0.3, 0.4) is 0 Å². The van der Waals surface area contributed by atoms with Gasteiger partial charge in [0, 0.05) is 5.69 Å². The number of hydrazine groups is 1. The Morgan fingerprint density at radius 3 is 2.14 bits per heavy atom. The number of anilines is 3. The van der Waals surface area contributed by atoms with E-state index in [1.165, 1.54) is 30.3 Å². The average molecular weight is 501 g/mol. The number of nitrogens with one attached hydrogen (secondary N) is 3. The van der Waals surface area contributed by atoms with Crippen molar-refractivity contribution in [2.24, 2.45) is 0 Å². The number of nitro groups is 1. The van der Waals surface area contributed by atoms with Crippen molar-refractivity contribution in [1.29, 1.82) is 0 Å². The lowest BCUT2D eigenvalue weighted by Crippen LogP contribution is -2.30. The standard InChI is InChI=1S/C21H17ClN6O7/c1-34-20(30)11-7-12(21(31)35-2)9-13(8-11)25-17-16(28(32)33)18(24-10-23-17)26-27-19(29)14-5-3-4-6-15(14)22/h3-10H,1-2H3,(H,27,29)(H2,23,24,25,26). The SMILES string of the molecule is COC(=O)c1cc(Nc2ncnc(NNC(=O)c3ccccc3Cl)c2[N+](=O)[O-])cc(C(=O)OC)c1. The Balaban J connectivity index is 1.94. The number of rotatable bonds is 8. The summed E-state index contributed by atoms with van der Waals surface area (Å²) in [5.41, 5.74) is 4.24. The van der Waals surface area contributed by atoms with Crippen molar-refractivity contribution in [1.82, 2.24) is 15.4 Å². The fraction of sp³-hybridized carbons (Fsp3) is 0.0952. The molecule has 0 saturated carbocycles. The fourth-order valence-electron chi connectivity index (χ4n) is 2.87. The highest BCUT2D eigenvalue weighted by Crippen LogP contribution is 2.31. The van der Waals surface area contributed by atoms with Gasteiger partial charge >= 0.3 is 17.6 Å². The maximum absolute atomic E-state index is 12.4. The average Bonchev–Trinajstić information content (AvgIpc) is 2.86. The molecular formula is C21H17ClN6O7. The largest absolute Gasteiger partial charge is 0.465 e. The Bertz CT molecular complexity index is 1280. The Labute approximate surface area is 202 Å². The van der Waals surface area contributed by atoms with Crippen molar-refractivity contribution < 1.29 is 28.8 Å². The molecule has 0 atom stereocenters. The van der Waals surface area contributed by atoms with Crippen LogP contribution in [0.25, 0.3) is 0 Å². The van der Waals surface area contributed by atoms with Crippen LogP contribution in [-0.4, -0.2) is 47.0 Å². The van der Waals surface area contributed by atoms with Crippen molar-refractivity contribution in [3.63, 3.8) is 0 Å². The third kappa shape index (κ3) is 5.78. The molecule has 3 rings (SSSR count). The minimum atomic E-state index is -0.780. The highest BCUT2D eigenvalue weighted by atomic mass is 35.5. The smallest absolute Gasteiger partial charge is 0.355 e. The van der Waals surface area contributed by atoms with Gasteiger partial charge in [0.2, 0.25) is 11.6 Å². The molecule has 14 heteroatoms. The predicted molar refractivity (Wildman–Crippen MR) is 124 cm³/mol. The van der Waals surface area contributed by atoms with Crippen LogP contribution in [0.1, 0.15) is 31.1 Å². The highest BCUT2D eigenvalue weighted by molar-refractivity contribution is 6.33. The maximum atomic E-state index is 12.4. The lowest BCUT2D eigenvalue weighted by Gasteiger charge is -2.12. The minimum absolute atomic E-state index is 0.0139. The first-order chi connectivity index (χ1) is 16.7.